The van der Waals surface area contributed by atoms with Crippen LogP contribution in [-0.2, 0) is 119 Å². The lowest BCUT2D eigenvalue weighted by atomic mass is 10.1. The number of unbranched alkanes of at least 4 members (excludes halogenated alkanes) is 15. The van der Waals surface area contributed by atoms with Gasteiger partial charge in [0.2, 0.25) is 0 Å². The zero-order chi connectivity index (χ0) is 117. The van der Waals surface area contributed by atoms with E-state index in [9.17, 15) is 0 Å². The van der Waals surface area contributed by atoms with Gasteiger partial charge in [0.15, 0.2) is 33.3 Å². The fourth-order valence-corrected chi connectivity index (χ4v) is 182. The van der Waals surface area contributed by atoms with Gasteiger partial charge in [-0.3, -0.25) is 0 Å². The summed E-state index contributed by atoms with van der Waals surface area (Å²) in [5.41, 5.74) is 0. The predicted molar refractivity (Wildman–Crippen MR) is 694 cm³/mol. The third-order valence-corrected chi connectivity index (χ3v) is 139. The van der Waals surface area contributed by atoms with E-state index in [2.05, 4.69) is 433 Å². The topological polar surface area (TPSA) is 268 Å². The van der Waals surface area contributed by atoms with E-state index in [0.29, 0.717) is 0 Å². The van der Waals surface area contributed by atoms with Crippen molar-refractivity contribution < 1.29 is 119 Å². The van der Waals surface area contributed by atoms with Crippen molar-refractivity contribution in [3.8, 4) is 0 Å². The van der Waals surface area contributed by atoms with Crippen LogP contribution in [0.15, 0.2) is 0 Å². The first-order valence-electron chi connectivity index (χ1n) is 55.5. The second kappa shape index (κ2) is 58.9. The molecule has 0 saturated heterocycles. The zero-order valence-corrected chi connectivity index (χ0v) is 139. The van der Waals surface area contributed by atoms with Gasteiger partial charge in [-0.05, 0) is 431 Å². The first-order chi connectivity index (χ1) is 64.2. The molecule has 29 nitrogen and oxygen atoms in total. The lowest BCUT2D eigenvalue weighted by molar-refractivity contribution is 0.245. The molecule has 0 fully saturated rings. The number of rotatable bonds is 79. The molecule has 0 spiro atoms. The summed E-state index contributed by atoms with van der Waals surface area (Å²) in [6, 6.07) is 3.83. The molecule has 0 unspecified atom stereocenters. The van der Waals surface area contributed by atoms with Gasteiger partial charge in [-0.1, -0.05) is 136 Å². The molecule has 0 aromatic carbocycles. The van der Waals surface area contributed by atoms with Gasteiger partial charge in [-0.15, -0.1) is 0 Å². The first-order valence-corrected chi connectivity index (χ1v) is 144. The van der Waals surface area contributed by atoms with Crippen molar-refractivity contribution in [2.75, 3.05) is 0 Å². The van der Waals surface area contributed by atoms with E-state index in [1.807, 2.05) is 0 Å². The van der Waals surface area contributed by atoms with Gasteiger partial charge < -0.3 is 119 Å². The summed E-state index contributed by atoms with van der Waals surface area (Å²) in [5, 5.41) is 0. The summed E-state index contributed by atoms with van der Waals surface area (Å²) < 4.78 is 200. The van der Waals surface area contributed by atoms with Gasteiger partial charge in [-0.2, -0.15) is 0 Å². The lowest BCUT2D eigenvalue weighted by Gasteiger charge is -2.45. The van der Waals surface area contributed by atoms with Crippen molar-refractivity contribution in [2.24, 2.45) is 0 Å². The number of hydrogen-bond donors (Lipinski definition) is 0. The van der Waals surface area contributed by atoms with E-state index in [1.165, 1.54) is 134 Å². The minimum atomic E-state index is -2.87. The summed E-state index contributed by atoms with van der Waals surface area (Å²) in [6.07, 6.45) is 24.0. The smallest absolute Gasteiger partial charge is 0.314 e. The van der Waals surface area contributed by atoms with E-state index < -0.39 is 264 Å². The summed E-state index contributed by atoms with van der Waals surface area (Å²) in [4.78, 5) is 0. The van der Waals surface area contributed by atoms with Crippen LogP contribution in [0.2, 0.25) is 431 Å². The van der Waals surface area contributed by atoms with Gasteiger partial charge in [0.25, 0.3) is 0 Å². The predicted octanol–water partition coefficient (Wildman–Crippen LogP) is 32.9. The Morgan fingerprint density at radius 3 is 0.252 bits per heavy atom. The Bertz CT molecular complexity index is 3600. The molecule has 886 valence electrons. The van der Waals surface area contributed by atoms with Crippen LogP contribution in [0.3, 0.4) is 0 Å². The van der Waals surface area contributed by atoms with E-state index in [1.54, 1.807) is 0 Å². The highest BCUT2D eigenvalue weighted by Crippen LogP contribution is 2.41. The van der Waals surface area contributed by atoms with Crippen LogP contribution >= 0.6 is 0 Å². The minimum absolute atomic E-state index is 1.28. The molecule has 147 heavy (non-hydrogen) atoms. The van der Waals surface area contributed by atoms with Crippen molar-refractivity contribution in [2.45, 2.75) is 567 Å². The standard InChI is InChI=1S/C44H132O20Si21.C43H108O9Si10/c1-65(2,3)45-67(7,8)47-69(11,12)49-71(15,16)51-73(19,20)53-75(23,24)55-77(27,28)57-79(31,32)59-81(35,36)61-83(39,40)63-85(43,44)64-84(41,42)62-82(37,38)60-80(33,34)58-78(29,30)56-76(25,26)54-74(21,22)52-72(17,18)50-70(13,14)48-68(9,10)46-66(4,5)6;1-23-26-29-32-35-38-41-62(42-39-36-33-30-27-24-2,43-40-37-34-31-28-25-3)52-61(21,22)51-60(19,20)50-59(17,18)49-58(15,16)48-57(13,14)47-56(11,12)46-55(9,10)45-54(7,8)44-53(4,5)6/h1-44H3;23-43H2,1-22H3. The van der Waals surface area contributed by atoms with Crippen molar-refractivity contribution in [3.05, 3.63) is 0 Å². The highest BCUT2D eigenvalue weighted by atomic mass is 28.6. The van der Waals surface area contributed by atoms with Gasteiger partial charge in [0, 0.05) is 0 Å². The maximum Gasteiger partial charge on any atom is 0.314 e. The van der Waals surface area contributed by atoms with E-state index in [4.69, 9.17) is 119 Å². The molecule has 0 aromatic heterocycles. The molecule has 0 rings (SSSR count). The molecule has 0 heterocycles. The van der Waals surface area contributed by atoms with E-state index in [-0.39, 0.29) is 0 Å². The Morgan fingerprint density at radius 2 is 0.163 bits per heavy atom. The lowest BCUT2D eigenvalue weighted by Crippen LogP contribution is -2.63. The van der Waals surface area contributed by atoms with Crippen molar-refractivity contribution in [3.63, 3.8) is 0 Å². The third kappa shape index (κ3) is 79.5. The van der Waals surface area contributed by atoms with Crippen molar-refractivity contribution in [1.82, 2.24) is 0 Å². The summed E-state index contributed by atoms with van der Waals surface area (Å²) in [5.74, 6) is 0. The van der Waals surface area contributed by atoms with E-state index >= 15 is 0 Å². The number of hydrogen-bond acceptors (Lipinski definition) is 29. The van der Waals surface area contributed by atoms with Crippen LogP contribution in [0, 0.1) is 0 Å². The monoisotopic (exact) mass is 2620 g/mol. The van der Waals surface area contributed by atoms with Crippen molar-refractivity contribution >= 4 is 264 Å². The van der Waals surface area contributed by atoms with Crippen LogP contribution in [0.1, 0.15) is 136 Å². The van der Waals surface area contributed by atoms with E-state index in [0.717, 1.165) is 0 Å². The Morgan fingerprint density at radius 1 is 0.0884 bits per heavy atom. The first kappa shape index (κ1) is 155. The molecule has 0 saturated carbocycles. The molecule has 60 heteroatoms. The van der Waals surface area contributed by atoms with Gasteiger partial charge >= 0.3 is 231 Å². The summed E-state index contributed by atoms with van der Waals surface area (Å²) in [7, 11) is -80.6. The average Bonchev–Trinajstić information content (AvgIpc) is 0.809. The molecule has 0 atom stereocenters. The maximum atomic E-state index is 7.70. The summed E-state index contributed by atoms with van der Waals surface area (Å²) >= 11 is 0. The molecule has 0 amide bonds. The second-order valence-electron chi connectivity index (χ2n) is 55.8. The van der Waals surface area contributed by atoms with Crippen LogP contribution in [0.4, 0.5) is 0 Å². The third-order valence-electron chi connectivity index (χ3n) is 20.4. The quantitative estimate of drug-likeness (QED) is 0.0404. The van der Waals surface area contributed by atoms with Crippen LogP contribution in [-0.4, -0.2) is 264 Å². The van der Waals surface area contributed by atoms with Crippen LogP contribution in [0.5, 0.6) is 0 Å². The minimum Gasteiger partial charge on any atom is -0.437 e. The Kier molecular flexibility index (Phi) is 61.9. The molecular formula is C87H240O29Si31. The van der Waals surface area contributed by atoms with Crippen molar-refractivity contribution in [1.29, 1.82) is 0 Å². The molecule has 0 aromatic rings. The normalized spacial score (nSPS) is 15.6. The fraction of sp³-hybridized carbons (Fsp3) is 1.00. The molecule has 0 radical (unpaired) electrons. The molecule has 0 aliphatic rings. The van der Waals surface area contributed by atoms with Crippen LogP contribution in [0.25, 0.3) is 0 Å². The maximum absolute atomic E-state index is 7.70. The average molecular weight is 2620 g/mol. The molecule has 0 aliphatic heterocycles. The SMILES string of the molecule is CCCCCCCC[Si](CCCCCCCC)(CCCCCCCC)O[Si](C)(C)O[Si](C)(C)O[Si](C)(C)O[Si](C)(C)O[Si](C)(C)O[Si](C)(C)O[Si](C)(C)O[Si](C)(C)O[Si](C)(C)C.C[Si](C)(C)O[Si](C)(C)O[Si](C)(C)O[Si](C)(C)O[Si](C)(C)O[Si](C)(C)O[Si](C)(C)O[Si](C)(C)O[Si](C)(C)O[Si](C)(C)O[Si](C)(C)O[Si](C)(C)O[Si](C)(C)O[Si](C)(C)O[Si](C)(C)O[Si](C)(C)O[Si](C)(C)O[Si](C)(C)O[Si](C)(C)O[Si](C)(C)O[Si](C)(C)C. The molecule has 0 N–H and O–H groups in total. The van der Waals surface area contributed by atoms with Gasteiger partial charge in [-0.25, -0.2) is 0 Å². The Balaban J connectivity index is 0. The fourth-order valence-electron chi connectivity index (χ4n) is 22.3. The molecule has 0 aliphatic carbocycles. The van der Waals surface area contributed by atoms with Gasteiger partial charge in [0.1, 0.15) is 0 Å². The van der Waals surface area contributed by atoms with Crippen LogP contribution < -0.4 is 0 Å². The zero-order valence-electron chi connectivity index (χ0n) is 108. The Labute approximate surface area is 941 Å². The largest absolute Gasteiger partial charge is 0.437 e. The highest BCUT2D eigenvalue weighted by Gasteiger charge is 2.58. The Hall–Kier alpha value is 5.56. The molecular weight excluding hydrogens is 2380 g/mol. The highest BCUT2D eigenvalue weighted by molar-refractivity contribution is 6.99. The molecule has 0 bridgehead atoms. The van der Waals surface area contributed by atoms with Gasteiger partial charge in [0.05, 0.1) is 0 Å². The second-order valence-corrected chi connectivity index (χ2v) is 172. The summed E-state index contributed by atoms with van der Waals surface area (Å²) in [6.45, 7) is 140.